The second kappa shape index (κ2) is 4.93. The Bertz CT molecular complexity index is 499. The maximum absolute atomic E-state index is 13.9. The number of carbonyl (C=O) groups is 1. The fourth-order valence-electron chi connectivity index (χ4n) is 2.63. The third kappa shape index (κ3) is 2.63. The molecule has 2 aliphatic rings. The summed E-state index contributed by atoms with van der Waals surface area (Å²) in [5.74, 6) is -0.298. The van der Waals surface area contributed by atoms with E-state index in [1.54, 1.807) is 17.0 Å². The van der Waals surface area contributed by atoms with Gasteiger partial charge in [0.25, 0.3) is 0 Å². The van der Waals surface area contributed by atoms with Crippen molar-refractivity contribution in [1.82, 2.24) is 5.32 Å². The van der Waals surface area contributed by atoms with Crippen LogP contribution in [-0.2, 0) is 4.79 Å². The molecule has 0 aromatic heterocycles. The molecule has 0 bridgehead atoms. The van der Waals surface area contributed by atoms with Gasteiger partial charge < -0.3 is 10.2 Å². The van der Waals surface area contributed by atoms with Crippen molar-refractivity contribution in [2.45, 2.75) is 44.7 Å². The second-order valence-corrected chi connectivity index (χ2v) is 5.58. The van der Waals surface area contributed by atoms with Crippen LogP contribution in [0.3, 0.4) is 0 Å². The van der Waals surface area contributed by atoms with E-state index in [2.05, 4.69) is 5.32 Å². The van der Waals surface area contributed by atoms with Crippen LogP contribution < -0.4 is 10.2 Å². The Balaban J connectivity index is 1.82. The molecule has 1 saturated carbocycles. The molecule has 1 atom stereocenters. The highest BCUT2D eigenvalue weighted by atomic mass is 19.1. The zero-order valence-corrected chi connectivity index (χ0v) is 11.2. The molecule has 1 heterocycles. The summed E-state index contributed by atoms with van der Waals surface area (Å²) in [6, 6.07) is 5.29. The molecule has 0 spiro atoms. The van der Waals surface area contributed by atoms with Crippen LogP contribution in [0.2, 0.25) is 0 Å². The van der Waals surface area contributed by atoms with Crippen molar-refractivity contribution >= 4 is 11.6 Å². The molecule has 1 saturated heterocycles. The molecule has 3 nitrogen and oxygen atoms in total. The smallest absolute Gasteiger partial charge is 0.244 e. The maximum atomic E-state index is 13.9. The molecular weight excluding hydrogens is 243 g/mol. The fraction of sp³-hybridized carbons (Fsp3) is 0.533. The molecule has 1 N–H and O–H groups in total. The molecule has 19 heavy (non-hydrogen) atoms. The van der Waals surface area contributed by atoms with E-state index in [0.717, 1.165) is 31.2 Å². The predicted octanol–water partition coefficient (Wildman–Crippen LogP) is 2.38. The molecule has 2 fully saturated rings. The zero-order chi connectivity index (χ0) is 13.4. The van der Waals surface area contributed by atoms with Gasteiger partial charge in [-0.3, -0.25) is 4.79 Å². The largest absolute Gasteiger partial charge is 0.308 e. The Labute approximate surface area is 112 Å². The van der Waals surface area contributed by atoms with Gasteiger partial charge in [-0.1, -0.05) is 6.07 Å². The number of benzene rings is 1. The summed E-state index contributed by atoms with van der Waals surface area (Å²) in [6.45, 7) is 2.53. The summed E-state index contributed by atoms with van der Waals surface area (Å²) >= 11 is 0. The Morgan fingerprint density at radius 3 is 2.84 bits per heavy atom. The molecule has 1 unspecified atom stereocenters. The van der Waals surface area contributed by atoms with Crippen LogP contribution >= 0.6 is 0 Å². The molecule has 3 rings (SSSR count). The van der Waals surface area contributed by atoms with Gasteiger partial charge in [-0.05, 0) is 50.3 Å². The topological polar surface area (TPSA) is 32.3 Å². The van der Waals surface area contributed by atoms with Gasteiger partial charge in [-0.2, -0.15) is 0 Å². The number of halogens is 1. The average molecular weight is 262 g/mol. The van der Waals surface area contributed by atoms with E-state index in [4.69, 9.17) is 0 Å². The van der Waals surface area contributed by atoms with Crippen LogP contribution in [0, 0.1) is 12.7 Å². The SMILES string of the molecule is Cc1ccc(F)c(N2CCCC(NC3CC3)C2=O)c1. The lowest BCUT2D eigenvalue weighted by Crippen LogP contribution is -2.51. The van der Waals surface area contributed by atoms with Gasteiger partial charge in [0.1, 0.15) is 5.82 Å². The monoisotopic (exact) mass is 262 g/mol. The highest BCUT2D eigenvalue weighted by Crippen LogP contribution is 2.27. The third-order valence-electron chi connectivity index (χ3n) is 3.85. The van der Waals surface area contributed by atoms with Crippen LogP contribution in [0.5, 0.6) is 0 Å². The van der Waals surface area contributed by atoms with E-state index in [1.807, 2.05) is 6.92 Å². The van der Waals surface area contributed by atoms with Gasteiger partial charge >= 0.3 is 0 Å². The molecule has 1 aromatic carbocycles. The first-order valence-electron chi connectivity index (χ1n) is 6.99. The van der Waals surface area contributed by atoms with Gasteiger partial charge in [0, 0.05) is 12.6 Å². The first kappa shape index (κ1) is 12.6. The van der Waals surface area contributed by atoms with E-state index in [9.17, 15) is 9.18 Å². The number of carbonyl (C=O) groups excluding carboxylic acids is 1. The van der Waals surface area contributed by atoms with Gasteiger partial charge in [0.05, 0.1) is 11.7 Å². The number of aryl methyl sites for hydroxylation is 1. The Hall–Kier alpha value is -1.42. The van der Waals surface area contributed by atoms with Crippen molar-refractivity contribution in [3.63, 3.8) is 0 Å². The Morgan fingerprint density at radius 1 is 1.32 bits per heavy atom. The quantitative estimate of drug-likeness (QED) is 0.907. The minimum absolute atomic E-state index is 0.0163. The summed E-state index contributed by atoms with van der Waals surface area (Å²) in [5.41, 5.74) is 1.40. The minimum Gasteiger partial charge on any atom is -0.308 e. The zero-order valence-electron chi connectivity index (χ0n) is 11.2. The number of anilines is 1. The maximum Gasteiger partial charge on any atom is 0.244 e. The summed E-state index contributed by atoms with van der Waals surface area (Å²) in [6.07, 6.45) is 4.09. The number of nitrogens with one attached hydrogen (secondary N) is 1. The lowest BCUT2D eigenvalue weighted by molar-refractivity contribution is -0.121. The van der Waals surface area contributed by atoms with Crippen LogP contribution in [0.25, 0.3) is 0 Å². The number of amides is 1. The van der Waals surface area contributed by atoms with Crippen molar-refractivity contribution in [2.75, 3.05) is 11.4 Å². The Morgan fingerprint density at radius 2 is 2.11 bits per heavy atom. The normalized spacial score (nSPS) is 23.8. The molecule has 1 aromatic rings. The van der Waals surface area contributed by atoms with Gasteiger partial charge in [0.15, 0.2) is 0 Å². The summed E-state index contributed by atoms with van der Waals surface area (Å²) in [5, 5.41) is 3.36. The van der Waals surface area contributed by atoms with Crippen molar-refractivity contribution in [2.24, 2.45) is 0 Å². The summed E-state index contributed by atoms with van der Waals surface area (Å²) < 4.78 is 13.9. The Kier molecular flexibility index (Phi) is 3.27. The van der Waals surface area contributed by atoms with Crippen LogP contribution in [0.4, 0.5) is 10.1 Å². The van der Waals surface area contributed by atoms with E-state index >= 15 is 0 Å². The third-order valence-corrected chi connectivity index (χ3v) is 3.85. The molecule has 1 amide bonds. The molecule has 1 aliphatic carbocycles. The van der Waals surface area contributed by atoms with E-state index in [0.29, 0.717) is 18.3 Å². The molecular formula is C15H19FN2O. The molecule has 0 radical (unpaired) electrons. The van der Waals surface area contributed by atoms with E-state index in [1.165, 1.54) is 6.07 Å². The molecule has 4 heteroatoms. The predicted molar refractivity (Wildman–Crippen MR) is 72.7 cm³/mol. The van der Waals surface area contributed by atoms with Crippen molar-refractivity contribution in [3.8, 4) is 0 Å². The second-order valence-electron chi connectivity index (χ2n) is 5.58. The lowest BCUT2D eigenvalue weighted by Gasteiger charge is -2.33. The fourth-order valence-corrected chi connectivity index (χ4v) is 2.63. The number of hydrogen-bond acceptors (Lipinski definition) is 2. The van der Waals surface area contributed by atoms with Crippen LogP contribution in [0.15, 0.2) is 18.2 Å². The summed E-state index contributed by atoms with van der Waals surface area (Å²) in [7, 11) is 0. The molecule has 102 valence electrons. The lowest BCUT2D eigenvalue weighted by atomic mass is 10.0. The van der Waals surface area contributed by atoms with Crippen LogP contribution in [-0.4, -0.2) is 24.5 Å². The highest BCUT2D eigenvalue weighted by molar-refractivity contribution is 5.98. The van der Waals surface area contributed by atoms with Crippen molar-refractivity contribution < 1.29 is 9.18 Å². The first-order chi connectivity index (χ1) is 9.15. The van der Waals surface area contributed by atoms with E-state index in [-0.39, 0.29) is 17.8 Å². The van der Waals surface area contributed by atoms with Gasteiger partial charge in [-0.25, -0.2) is 4.39 Å². The van der Waals surface area contributed by atoms with Gasteiger partial charge in [0.2, 0.25) is 5.91 Å². The number of rotatable bonds is 3. The van der Waals surface area contributed by atoms with E-state index < -0.39 is 0 Å². The highest BCUT2D eigenvalue weighted by Gasteiger charge is 2.34. The average Bonchev–Trinajstić information content (AvgIpc) is 3.19. The van der Waals surface area contributed by atoms with Crippen molar-refractivity contribution in [1.29, 1.82) is 0 Å². The van der Waals surface area contributed by atoms with Crippen molar-refractivity contribution in [3.05, 3.63) is 29.6 Å². The summed E-state index contributed by atoms with van der Waals surface area (Å²) in [4.78, 5) is 14.1. The molecule has 1 aliphatic heterocycles. The van der Waals surface area contributed by atoms with Crippen LogP contribution in [0.1, 0.15) is 31.2 Å². The standard InChI is InChI=1S/C15H19FN2O/c1-10-4-7-12(16)14(9-10)18-8-2-3-13(15(18)19)17-11-5-6-11/h4,7,9,11,13,17H,2-3,5-6,8H2,1H3. The number of nitrogens with zero attached hydrogens (tertiary/aromatic N) is 1. The first-order valence-corrected chi connectivity index (χ1v) is 6.99. The van der Waals surface area contributed by atoms with Gasteiger partial charge in [-0.15, -0.1) is 0 Å². The number of piperidine rings is 1. The number of hydrogen-bond donors (Lipinski definition) is 1. The minimum atomic E-state index is -0.314.